The first kappa shape index (κ1) is 31.5. The van der Waals surface area contributed by atoms with E-state index in [9.17, 15) is 0 Å². The largest absolute Gasteiger partial charge is 0.414 e. The zero-order chi connectivity index (χ0) is 31.2. The zero-order valence-electron chi connectivity index (χ0n) is 27.4. The summed E-state index contributed by atoms with van der Waals surface area (Å²) in [6.07, 6.45) is 3.52. The lowest BCUT2D eigenvalue weighted by atomic mass is 10.1. The van der Waals surface area contributed by atoms with Gasteiger partial charge < -0.3 is 13.6 Å². The Morgan fingerprint density at radius 3 is 2.30 bits per heavy atom. The van der Waals surface area contributed by atoms with Crippen molar-refractivity contribution in [1.82, 2.24) is 19.5 Å². The van der Waals surface area contributed by atoms with Gasteiger partial charge in [0.2, 0.25) is 0 Å². The van der Waals surface area contributed by atoms with Crippen LogP contribution in [-0.2, 0) is 13.6 Å². The lowest BCUT2D eigenvalue weighted by molar-refractivity contribution is -0.0383. The summed E-state index contributed by atoms with van der Waals surface area (Å²) in [7, 11) is -4.03. The molecule has 7 nitrogen and oxygen atoms in total. The van der Waals surface area contributed by atoms with Gasteiger partial charge in [-0.3, -0.25) is 4.57 Å². The second-order valence-corrected chi connectivity index (χ2v) is 24.2. The Morgan fingerprint density at radius 1 is 0.884 bits per heavy atom. The Kier molecular flexibility index (Phi) is 8.48. The minimum Gasteiger partial charge on any atom is -0.414 e. The number of benzene rings is 2. The number of rotatable bonds is 6. The van der Waals surface area contributed by atoms with Crippen molar-refractivity contribution >= 4 is 38.6 Å². The standard InChI is InChI=1S/C34H46N4O3Si2/c1-33(2,3)42(7,8)39-21-29-28(41-43(9,10)34(4,5)6)20-30(40-29)38-23-37-31-27(35-22-36-32(31)38)19-18-25-16-13-15-24-14-11-12-17-26(24)25/h11-17,22-23,28-30H,20-21H2,1-10H3/t28-,29+,30+/m0/s1. The Balaban J connectivity index is 1.44. The molecule has 3 heterocycles. The number of hydrogen-bond donors (Lipinski definition) is 0. The highest BCUT2D eigenvalue weighted by molar-refractivity contribution is 6.74. The predicted octanol–water partition coefficient (Wildman–Crippen LogP) is 8.08. The molecule has 0 radical (unpaired) electrons. The summed E-state index contributed by atoms with van der Waals surface area (Å²) in [4.78, 5) is 13.8. The van der Waals surface area contributed by atoms with Gasteiger partial charge >= 0.3 is 0 Å². The molecule has 5 rings (SSSR count). The SMILES string of the molecule is CC(C)(C)[Si](C)(C)OC[C@H]1O[C@@H](n2cnc3c(C#Cc4cccc5ccccc45)ncnc32)C[C@@H]1O[Si](C)(C)C(C)(C)C. The highest BCUT2D eigenvalue weighted by atomic mass is 28.4. The van der Waals surface area contributed by atoms with Crippen molar-refractivity contribution in [2.45, 2.75) is 103 Å². The second kappa shape index (κ2) is 11.6. The Bertz CT molecular complexity index is 1670. The molecule has 1 fully saturated rings. The van der Waals surface area contributed by atoms with Crippen molar-refractivity contribution in [3.63, 3.8) is 0 Å². The molecular weight excluding hydrogens is 569 g/mol. The zero-order valence-corrected chi connectivity index (χ0v) is 29.4. The van der Waals surface area contributed by atoms with E-state index in [0.29, 0.717) is 29.9 Å². The molecule has 1 saturated heterocycles. The normalized spacial score (nSPS) is 20.0. The van der Waals surface area contributed by atoms with Crippen LogP contribution in [0.5, 0.6) is 0 Å². The molecule has 0 N–H and O–H groups in total. The van der Waals surface area contributed by atoms with Crippen LogP contribution in [0.25, 0.3) is 21.9 Å². The molecule has 228 valence electrons. The molecule has 0 unspecified atom stereocenters. The molecule has 43 heavy (non-hydrogen) atoms. The fourth-order valence-electron chi connectivity index (χ4n) is 4.82. The van der Waals surface area contributed by atoms with Gasteiger partial charge in [0.05, 0.1) is 19.0 Å². The number of nitrogens with zero attached hydrogens (tertiary/aromatic N) is 4. The van der Waals surface area contributed by atoms with E-state index in [1.54, 1.807) is 12.7 Å². The van der Waals surface area contributed by atoms with Crippen LogP contribution in [0.3, 0.4) is 0 Å². The summed E-state index contributed by atoms with van der Waals surface area (Å²) in [5.74, 6) is 6.59. The molecule has 3 atom stereocenters. The van der Waals surface area contributed by atoms with E-state index in [1.807, 2.05) is 28.8 Å². The maximum absolute atomic E-state index is 6.97. The number of hydrogen-bond acceptors (Lipinski definition) is 6. The first-order valence-electron chi connectivity index (χ1n) is 15.2. The summed E-state index contributed by atoms with van der Waals surface area (Å²) >= 11 is 0. The lowest BCUT2D eigenvalue weighted by Crippen LogP contribution is -2.48. The van der Waals surface area contributed by atoms with Gasteiger partial charge in [-0.25, -0.2) is 15.0 Å². The van der Waals surface area contributed by atoms with E-state index >= 15 is 0 Å². The van der Waals surface area contributed by atoms with E-state index in [2.05, 4.69) is 108 Å². The first-order valence-corrected chi connectivity index (χ1v) is 21.0. The number of imidazole rings is 1. The average Bonchev–Trinajstić information content (AvgIpc) is 3.53. The summed E-state index contributed by atoms with van der Waals surface area (Å²) in [5, 5.41) is 2.47. The Hall–Kier alpha value is -2.88. The van der Waals surface area contributed by atoms with Gasteiger partial charge in [-0.05, 0) is 59.0 Å². The van der Waals surface area contributed by atoms with Crippen LogP contribution in [0.15, 0.2) is 55.1 Å². The lowest BCUT2D eigenvalue weighted by Gasteiger charge is -2.40. The van der Waals surface area contributed by atoms with E-state index in [1.165, 1.54) is 0 Å². The van der Waals surface area contributed by atoms with Crippen molar-refractivity contribution in [3.8, 4) is 11.8 Å². The average molecular weight is 615 g/mol. The summed E-state index contributed by atoms with van der Waals surface area (Å²) in [6, 6.07) is 14.4. The van der Waals surface area contributed by atoms with E-state index in [0.717, 1.165) is 16.3 Å². The number of ether oxygens (including phenoxy) is 1. The van der Waals surface area contributed by atoms with Gasteiger partial charge in [-0.15, -0.1) is 0 Å². The van der Waals surface area contributed by atoms with Crippen molar-refractivity contribution in [1.29, 1.82) is 0 Å². The first-order chi connectivity index (χ1) is 20.1. The van der Waals surface area contributed by atoms with Crippen molar-refractivity contribution in [2.75, 3.05) is 6.61 Å². The summed E-state index contributed by atoms with van der Waals surface area (Å²) < 4.78 is 22.4. The number of fused-ring (bicyclic) bond motifs is 2. The van der Waals surface area contributed by atoms with Gasteiger partial charge in [0, 0.05) is 12.0 Å². The van der Waals surface area contributed by atoms with Crippen LogP contribution in [0.4, 0.5) is 0 Å². The molecule has 2 aromatic heterocycles. The van der Waals surface area contributed by atoms with Crippen molar-refractivity contribution in [3.05, 3.63) is 66.4 Å². The summed E-state index contributed by atoms with van der Waals surface area (Å²) in [6.45, 7) is 23.3. The highest BCUT2D eigenvalue weighted by Gasteiger charge is 2.46. The Morgan fingerprint density at radius 2 is 1.58 bits per heavy atom. The van der Waals surface area contributed by atoms with Crippen LogP contribution in [-0.4, -0.2) is 55.0 Å². The second-order valence-electron chi connectivity index (χ2n) is 14.7. The molecule has 2 aromatic carbocycles. The number of aromatic nitrogens is 4. The Labute approximate surface area is 258 Å². The minimum atomic E-state index is -2.06. The van der Waals surface area contributed by atoms with Crippen LogP contribution >= 0.6 is 0 Å². The molecule has 1 aliphatic heterocycles. The van der Waals surface area contributed by atoms with Crippen molar-refractivity contribution in [2.24, 2.45) is 0 Å². The van der Waals surface area contributed by atoms with Crippen LogP contribution < -0.4 is 0 Å². The third-order valence-electron chi connectivity index (χ3n) is 9.62. The van der Waals surface area contributed by atoms with Crippen LogP contribution in [0.1, 0.15) is 65.4 Å². The maximum atomic E-state index is 6.97. The molecule has 4 aromatic rings. The molecular formula is C34H46N4O3Si2. The van der Waals surface area contributed by atoms with Crippen molar-refractivity contribution < 1.29 is 13.6 Å². The summed E-state index contributed by atoms with van der Waals surface area (Å²) in [5.41, 5.74) is 2.93. The monoisotopic (exact) mass is 614 g/mol. The van der Waals surface area contributed by atoms with Gasteiger partial charge in [-0.2, -0.15) is 0 Å². The fourth-order valence-corrected chi connectivity index (χ4v) is 7.19. The van der Waals surface area contributed by atoms with E-state index in [-0.39, 0.29) is 28.5 Å². The van der Waals surface area contributed by atoms with Gasteiger partial charge in [0.15, 0.2) is 22.3 Å². The fraction of sp³-hybridized carbons (Fsp3) is 0.500. The third kappa shape index (κ3) is 6.49. The van der Waals surface area contributed by atoms with Gasteiger partial charge in [0.1, 0.15) is 29.9 Å². The van der Waals surface area contributed by atoms with E-state index in [4.69, 9.17) is 18.6 Å². The molecule has 0 amide bonds. The minimum absolute atomic E-state index is 0.0828. The molecule has 9 heteroatoms. The molecule has 1 aliphatic rings. The molecule has 0 spiro atoms. The highest BCUT2D eigenvalue weighted by Crippen LogP contribution is 2.43. The predicted molar refractivity (Wildman–Crippen MR) is 179 cm³/mol. The maximum Gasteiger partial charge on any atom is 0.192 e. The third-order valence-corrected chi connectivity index (χ3v) is 18.6. The van der Waals surface area contributed by atoms with Crippen LogP contribution in [0.2, 0.25) is 36.3 Å². The molecule has 0 saturated carbocycles. The van der Waals surface area contributed by atoms with Gasteiger partial charge in [0.25, 0.3) is 0 Å². The topological polar surface area (TPSA) is 71.3 Å². The quantitative estimate of drug-likeness (QED) is 0.162. The molecule has 0 aliphatic carbocycles. The smallest absolute Gasteiger partial charge is 0.192 e. The molecule has 0 bridgehead atoms. The van der Waals surface area contributed by atoms with Crippen LogP contribution in [0, 0.1) is 11.8 Å². The van der Waals surface area contributed by atoms with E-state index < -0.39 is 16.6 Å². The van der Waals surface area contributed by atoms with Gasteiger partial charge in [-0.1, -0.05) is 83.9 Å².